The molecule has 0 atom stereocenters. The van der Waals surface area contributed by atoms with E-state index in [9.17, 15) is 5.11 Å². The van der Waals surface area contributed by atoms with E-state index in [0.717, 1.165) is 15.9 Å². The van der Waals surface area contributed by atoms with Crippen LogP contribution in [0.2, 0.25) is 0 Å². The lowest BCUT2D eigenvalue weighted by molar-refractivity contribution is -0.356. The molecule has 0 aliphatic heterocycles. The number of hydrogen-bond donors (Lipinski definition) is 0. The fourth-order valence-electron chi connectivity index (χ4n) is 3.00. The summed E-state index contributed by atoms with van der Waals surface area (Å²) in [6, 6.07) is 30.7. The van der Waals surface area contributed by atoms with Crippen LogP contribution in [-0.2, 0) is 4.74 Å². The van der Waals surface area contributed by atoms with Crippen molar-refractivity contribution in [2.24, 2.45) is 0 Å². The molecule has 3 rings (SSSR count). The van der Waals surface area contributed by atoms with Gasteiger partial charge in [-0.3, -0.25) is 0 Å². The maximum atomic E-state index is 12.5. The van der Waals surface area contributed by atoms with Crippen molar-refractivity contribution in [2.75, 3.05) is 6.61 Å². The maximum Gasteiger partial charge on any atom is 0.138 e. The van der Waals surface area contributed by atoms with Gasteiger partial charge < -0.3 is 9.84 Å². The average Bonchev–Trinajstić information content (AvgIpc) is 2.68. The van der Waals surface area contributed by atoms with Gasteiger partial charge >= 0.3 is 0 Å². The minimum atomic E-state index is -2.24. The van der Waals surface area contributed by atoms with Crippen LogP contribution < -0.4 is 21.0 Å². The lowest BCUT2D eigenvalue weighted by atomic mass is 10.4. The van der Waals surface area contributed by atoms with Crippen LogP contribution in [0, 0.1) is 0 Å². The SMILES string of the molecule is CCO/C([O-])=C/[P+](c1ccccc1)(c1ccccc1)c1ccccc1. The highest BCUT2D eigenvalue weighted by molar-refractivity contribution is 7.98. The van der Waals surface area contributed by atoms with E-state index >= 15 is 0 Å². The Kier molecular flexibility index (Phi) is 5.53. The summed E-state index contributed by atoms with van der Waals surface area (Å²) in [5, 5.41) is 15.9. The van der Waals surface area contributed by atoms with Crippen LogP contribution >= 0.6 is 7.26 Å². The molecule has 3 heteroatoms. The van der Waals surface area contributed by atoms with Gasteiger partial charge in [-0.2, -0.15) is 0 Å². The Hall–Kier alpha value is -2.57. The molecule has 0 saturated heterocycles. The minimum Gasteiger partial charge on any atom is -0.611 e. The van der Waals surface area contributed by atoms with Crippen molar-refractivity contribution in [2.45, 2.75) is 6.92 Å². The van der Waals surface area contributed by atoms with Crippen molar-refractivity contribution in [3.8, 4) is 0 Å². The van der Waals surface area contributed by atoms with Gasteiger partial charge in [-0.05, 0) is 43.0 Å². The molecule has 0 aliphatic carbocycles. The summed E-state index contributed by atoms with van der Waals surface area (Å²) in [7, 11) is -2.24. The van der Waals surface area contributed by atoms with Crippen molar-refractivity contribution in [3.63, 3.8) is 0 Å². The van der Waals surface area contributed by atoms with Gasteiger partial charge in [-0.25, -0.2) is 0 Å². The molecule has 0 heterocycles. The molecule has 2 nitrogen and oxygen atoms in total. The van der Waals surface area contributed by atoms with Gasteiger partial charge in [0.1, 0.15) is 23.2 Å². The molecule has 0 amide bonds. The zero-order valence-corrected chi connectivity index (χ0v) is 15.1. The Balaban J connectivity index is 2.34. The van der Waals surface area contributed by atoms with Crippen molar-refractivity contribution < 1.29 is 9.84 Å². The van der Waals surface area contributed by atoms with Gasteiger partial charge in [0.15, 0.2) is 0 Å². The number of benzene rings is 3. The van der Waals surface area contributed by atoms with E-state index in [-0.39, 0.29) is 5.95 Å². The Morgan fingerprint density at radius 1 is 0.760 bits per heavy atom. The molecule has 0 aliphatic rings. The molecule has 0 N–H and O–H groups in total. The highest BCUT2D eigenvalue weighted by Crippen LogP contribution is 2.57. The molecular formula is C22H21O2P. The molecule has 3 aromatic carbocycles. The lowest BCUT2D eigenvalue weighted by Crippen LogP contribution is -2.30. The zero-order chi connectivity index (χ0) is 17.5. The van der Waals surface area contributed by atoms with Gasteiger partial charge in [-0.15, -0.1) is 0 Å². The minimum absolute atomic E-state index is 0.271. The standard InChI is InChI=1S/C22H21O2P/c1-2-24-22(23)18-25(19-12-6-3-7-13-19,20-14-8-4-9-15-20)21-16-10-5-11-17-21/h3-18H,2H2,1H3/b22-18+. The smallest absolute Gasteiger partial charge is 0.138 e. The monoisotopic (exact) mass is 348 g/mol. The van der Waals surface area contributed by atoms with Crippen molar-refractivity contribution in [1.82, 2.24) is 0 Å². The first-order valence-corrected chi connectivity index (χ1v) is 10.2. The normalized spacial score (nSPS) is 12.0. The molecule has 0 fully saturated rings. The predicted molar refractivity (Wildman–Crippen MR) is 105 cm³/mol. The number of ether oxygens (including phenoxy) is 1. The second-order valence-corrected chi connectivity index (χ2v) is 8.86. The number of rotatable bonds is 6. The van der Waals surface area contributed by atoms with E-state index in [4.69, 9.17) is 4.74 Å². The van der Waals surface area contributed by atoms with Gasteiger partial charge in [0.25, 0.3) is 0 Å². The third-order valence-corrected chi connectivity index (χ3v) is 8.01. The summed E-state index contributed by atoms with van der Waals surface area (Å²) in [5.41, 5.74) is 0. The Morgan fingerprint density at radius 2 is 1.12 bits per heavy atom. The van der Waals surface area contributed by atoms with E-state index < -0.39 is 7.26 Å². The predicted octanol–water partition coefficient (Wildman–Crippen LogP) is 3.18. The Morgan fingerprint density at radius 3 is 1.44 bits per heavy atom. The third-order valence-electron chi connectivity index (χ3n) is 4.08. The summed E-state index contributed by atoms with van der Waals surface area (Å²) in [4.78, 5) is 0. The van der Waals surface area contributed by atoms with E-state index in [2.05, 4.69) is 36.4 Å². The quantitative estimate of drug-likeness (QED) is 0.506. The second-order valence-electron chi connectivity index (χ2n) is 5.61. The van der Waals surface area contributed by atoms with E-state index in [0.29, 0.717) is 6.61 Å². The first-order chi connectivity index (χ1) is 12.3. The fourth-order valence-corrected chi connectivity index (χ4v) is 6.66. The van der Waals surface area contributed by atoms with Crippen molar-refractivity contribution >= 4 is 23.2 Å². The summed E-state index contributed by atoms with van der Waals surface area (Å²) < 4.78 is 5.30. The van der Waals surface area contributed by atoms with Gasteiger partial charge in [0.05, 0.1) is 11.8 Å². The molecule has 0 unspecified atom stereocenters. The molecule has 0 radical (unpaired) electrons. The van der Waals surface area contributed by atoms with Crippen molar-refractivity contribution in [3.05, 3.63) is 103 Å². The lowest BCUT2D eigenvalue weighted by Gasteiger charge is -2.26. The number of hydrogen-bond acceptors (Lipinski definition) is 2. The van der Waals surface area contributed by atoms with Gasteiger partial charge in [0.2, 0.25) is 0 Å². The summed E-state index contributed by atoms with van der Waals surface area (Å²) in [5.74, 6) is 1.53. The van der Waals surface area contributed by atoms with Gasteiger partial charge in [-0.1, -0.05) is 61.5 Å². The molecule has 25 heavy (non-hydrogen) atoms. The van der Waals surface area contributed by atoms with Gasteiger partial charge in [0, 0.05) is 0 Å². The molecule has 3 aromatic rings. The fraction of sp³-hybridized carbons (Fsp3) is 0.0909. The first kappa shape index (κ1) is 17.3. The largest absolute Gasteiger partial charge is 0.611 e. The summed E-state index contributed by atoms with van der Waals surface area (Å²) in [6.07, 6.45) is 0. The molecule has 0 bridgehead atoms. The summed E-state index contributed by atoms with van der Waals surface area (Å²) >= 11 is 0. The maximum absolute atomic E-state index is 12.5. The molecule has 126 valence electrons. The van der Waals surface area contributed by atoms with E-state index in [1.807, 2.05) is 61.5 Å². The highest BCUT2D eigenvalue weighted by Gasteiger charge is 2.43. The van der Waals surface area contributed by atoms with Crippen LogP contribution in [-0.4, -0.2) is 6.61 Å². The Bertz CT molecular complexity index is 718. The average molecular weight is 348 g/mol. The molecule has 0 spiro atoms. The third kappa shape index (κ3) is 3.60. The molecule has 0 aromatic heterocycles. The molecule has 0 saturated carbocycles. The van der Waals surface area contributed by atoms with Crippen LogP contribution in [0.3, 0.4) is 0 Å². The zero-order valence-electron chi connectivity index (χ0n) is 14.2. The van der Waals surface area contributed by atoms with Crippen LogP contribution in [0.25, 0.3) is 0 Å². The Labute approximate surface area is 149 Å². The molecular weight excluding hydrogens is 327 g/mol. The highest BCUT2D eigenvalue weighted by atomic mass is 31.2. The summed E-state index contributed by atoms with van der Waals surface area (Å²) in [6.45, 7) is 2.20. The topological polar surface area (TPSA) is 32.3 Å². The van der Waals surface area contributed by atoms with Crippen molar-refractivity contribution in [1.29, 1.82) is 0 Å². The van der Waals surface area contributed by atoms with Crippen LogP contribution in [0.4, 0.5) is 0 Å². The van der Waals surface area contributed by atoms with Crippen LogP contribution in [0.1, 0.15) is 6.92 Å². The van der Waals surface area contributed by atoms with Crippen LogP contribution in [0.5, 0.6) is 0 Å². The van der Waals surface area contributed by atoms with Crippen LogP contribution in [0.15, 0.2) is 103 Å². The first-order valence-electron chi connectivity index (χ1n) is 8.35. The van der Waals surface area contributed by atoms with E-state index in [1.165, 1.54) is 0 Å². The van der Waals surface area contributed by atoms with E-state index in [1.54, 1.807) is 5.82 Å². The second kappa shape index (κ2) is 8.00.